The molecule has 96 valence electrons. The highest BCUT2D eigenvalue weighted by Gasteiger charge is 2.09. The lowest BCUT2D eigenvalue weighted by atomic mass is 10.1. The Balaban J connectivity index is 2.40. The molecule has 0 aliphatic rings. The lowest BCUT2D eigenvalue weighted by molar-refractivity contribution is 0.0697. The molecular formula is C14H18N2O2. The normalized spacial score (nSPS) is 11.3. The van der Waals surface area contributed by atoms with E-state index in [0.29, 0.717) is 11.6 Å². The van der Waals surface area contributed by atoms with Crippen molar-refractivity contribution in [2.24, 2.45) is 7.05 Å². The number of carboxylic acids is 1. The quantitative estimate of drug-likeness (QED) is 0.870. The molecule has 0 unspecified atom stereocenters. The first-order valence-electron chi connectivity index (χ1n) is 6.04. The van der Waals surface area contributed by atoms with Gasteiger partial charge in [0.2, 0.25) is 0 Å². The van der Waals surface area contributed by atoms with E-state index in [1.54, 1.807) is 12.1 Å². The lowest BCUT2D eigenvalue weighted by Gasteiger charge is -2.09. The van der Waals surface area contributed by atoms with Crippen molar-refractivity contribution >= 4 is 16.9 Å². The summed E-state index contributed by atoms with van der Waals surface area (Å²) in [5.74, 6) is -0.889. The number of aryl methyl sites for hydroxylation is 1. The number of carboxylic acid groups (broad SMARTS) is 1. The van der Waals surface area contributed by atoms with Crippen LogP contribution in [0.5, 0.6) is 0 Å². The predicted octanol–water partition coefficient (Wildman–Crippen LogP) is 2.37. The number of carbonyl (C=O) groups is 1. The molecule has 0 aliphatic carbocycles. The molecule has 0 spiro atoms. The van der Waals surface area contributed by atoms with E-state index in [1.165, 1.54) is 0 Å². The van der Waals surface area contributed by atoms with E-state index in [-0.39, 0.29) is 0 Å². The third-order valence-corrected chi connectivity index (χ3v) is 3.08. The van der Waals surface area contributed by atoms with Crippen molar-refractivity contribution in [3.63, 3.8) is 0 Å². The SMILES string of the molecule is CC(C)NCc1cc2ccc(C(=O)O)cc2n1C. The van der Waals surface area contributed by atoms with Gasteiger partial charge in [-0.05, 0) is 23.6 Å². The van der Waals surface area contributed by atoms with Crippen molar-refractivity contribution in [2.45, 2.75) is 26.4 Å². The number of aromatic nitrogens is 1. The fourth-order valence-corrected chi connectivity index (χ4v) is 2.00. The first-order valence-corrected chi connectivity index (χ1v) is 6.04. The molecule has 2 aromatic rings. The predicted molar refractivity (Wildman–Crippen MR) is 71.9 cm³/mol. The van der Waals surface area contributed by atoms with Gasteiger partial charge in [0.15, 0.2) is 0 Å². The zero-order valence-corrected chi connectivity index (χ0v) is 10.9. The van der Waals surface area contributed by atoms with Gasteiger partial charge in [0.25, 0.3) is 0 Å². The fraction of sp³-hybridized carbons (Fsp3) is 0.357. The van der Waals surface area contributed by atoms with Gasteiger partial charge in [0, 0.05) is 30.8 Å². The van der Waals surface area contributed by atoms with Crippen LogP contribution in [-0.2, 0) is 13.6 Å². The monoisotopic (exact) mass is 246 g/mol. The molecule has 1 aromatic heterocycles. The number of hydrogen-bond acceptors (Lipinski definition) is 2. The summed E-state index contributed by atoms with van der Waals surface area (Å²) in [5, 5.41) is 13.4. The summed E-state index contributed by atoms with van der Waals surface area (Å²) in [5.41, 5.74) is 2.43. The Morgan fingerprint density at radius 1 is 1.39 bits per heavy atom. The summed E-state index contributed by atoms with van der Waals surface area (Å²) in [6, 6.07) is 7.74. The molecule has 0 fully saturated rings. The second-order valence-electron chi connectivity index (χ2n) is 4.81. The van der Waals surface area contributed by atoms with Crippen LogP contribution in [0.2, 0.25) is 0 Å². The molecule has 1 heterocycles. The first-order chi connectivity index (χ1) is 8.49. The molecule has 2 N–H and O–H groups in total. The van der Waals surface area contributed by atoms with Gasteiger partial charge >= 0.3 is 5.97 Å². The zero-order valence-electron chi connectivity index (χ0n) is 10.9. The van der Waals surface area contributed by atoms with Crippen LogP contribution in [0.3, 0.4) is 0 Å². The van der Waals surface area contributed by atoms with E-state index in [4.69, 9.17) is 5.11 Å². The Labute approximate surface area is 106 Å². The summed E-state index contributed by atoms with van der Waals surface area (Å²) < 4.78 is 2.04. The Morgan fingerprint density at radius 3 is 2.72 bits per heavy atom. The van der Waals surface area contributed by atoms with Gasteiger partial charge < -0.3 is 15.0 Å². The summed E-state index contributed by atoms with van der Waals surface area (Å²) in [4.78, 5) is 11.0. The maximum Gasteiger partial charge on any atom is 0.335 e. The smallest absolute Gasteiger partial charge is 0.335 e. The minimum absolute atomic E-state index is 0.326. The standard InChI is InChI=1S/C14H18N2O2/c1-9(2)15-8-12-6-10-4-5-11(14(17)18)7-13(10)16(12)3/h4-7,9,15H,8H2,1-3H3,(H,17,18). The van der Waals surface area contributed by atoms with Crippen LogP contribution in [0.25, 0.3) is 10.9 Å². The van der Waals surface area contributed by atoms with Crippen LogP contribution in [0, 0.1) is 0 Å². The van der Waals surface area contributed by atoms with Gasteiger partial charge in [-0.15, -0.1) is 0 Å². The maximum absolute atomic E-state index is 11.0. The van der Waals surface area contributed by atoms with Crippen LogP contribution in [0.15, 0.2) is 24.3 Å². The average molecular weight is 246 g/mol. The molecule has 0 saturated heterocycles. The summed E-state index contributed by atoms with van der Waals surface area (Å²) in [7, 11) is 1.96. The Hall–Kier alpha value is -1.81. The van der Waals surface area contributed by atoms with Crippen molar-refractivity contribution < 1.29 is 9.90 Å². The number of fused-ring (bicyclic) bond motifs is 1. The number of hydrogen-bond donors (Lipinski definition) is 2. The number of benzene rings is 1. The molecule has 2 rings (SSSR count). The summed E-state index contributed by atoms with van der Waals surface area (Å²) >= 11 is 0. The third kappa shape index (κ3) is 2.38. The van der Waals surface area contributed by atoms with E-state index >= 15 is 0 Å². The van der Waals surface area contributed by atoms with E-state index < -0.39 is 5.97 Å². The van der Waals surface area contributed by atoms with Gasteiger partial charge in [-0.25, -0.2) is 4.79 Å². The molecular weight excluding hydrogens is 228 g/mol. The van der Waals surface area contributed by atoms with E-state index in [9.17, 15) is 4.79 Å². The number of nitrogens with one attached hydrogen (secondary N) is 1. The van der Waals surface area contributed by atoms with E-state index in [2.05, 4.69) is 25.2 Å². The van der Waals surface area contributed by atoms with Crippen molar-refractivity contribution in [2.75, 3.05) is 0 Å². The minimum Gasteiger partial charge on any atom is -0.478 e. The maximum atomic E-state index is 11.0. The topological polar surface area (TPSA) is 54.3 Å². The van der Waals surface area contributed by atoms with Gasteiger partial charge in [-0.3, -0.25) is 0 Å². The van der Waals surface area contributed by atoms with Crippen LogP contribution in [-0.4, -0.2) is 21.7 Å². The largest absolute Gasteiger partial charge is 0.478 e. The van der Waals surface area contributed by atoms with Crippen LogP contribution < -0.4 is 5.32 Å². The Morgan fingerprint density at radius 2 is 2.11 bits per heavy atom. The van der Waals surface area contributed by atoms with Crippen LogP contribution in [0.1, 0.15) is 29.9 Å². The van der Waals surface area contributed by atoms with Crippen molar-refractivity contribution in [1.82, 2.24) is 9.88 Å². The molecule has 0 aliphatic heterocycles. The van der Waals surface area contributed by atoms with Gasteiger partial charge in [-0.2, -0.15) is 0 Å². The number of rotatable bonds is 4. The zero-order chi connectivity index (χ0) is 13.3. The average Bonchev–Trinajstić information content (AvgIpc) is 2.63. The molecule has 0 saturated carbocycles. The Bertz CT molecular complexity index is 585. The minimum atomic E-state index is -0.889. The highest BCUT2D eigenvalue weighted by Crippen LogP contribution is 2.20. The fourth-order valence-electron chi connectivity index (χ4n) is 2.00. The Kier molecular flexibility index (Phi) is 3.39. The highest BCUT2D eigenvalue weighted by molar-refractivity contribution is 5.93. The van der Waals surface area contributed by atoms with Crippen molar-refractivity contribution in [3.8, 4) is 0 Å². The molecule has 1 aromatic carbocycles. The highest BCUT2D eigenvalue weighted by atomic mass is 16.4. The third-order valence-electron chi connectivity index (χ3n) is 3.08. The van der Waals surface area contributed by atoms with Gasteiger partial charge in [0.1, 0.15) is 0 Å². The number of nitrogens with zero attached hydrogens (tertiary/aromatic N) is 1. The second-order valence-corrected chi connectivity index (χ2v) is 4.81. The summed E-state index contributed by atoms with van der Waals surface area (Å²) in [6.45, 7) is 4.99. The molecule has 4 nitrogen and oxygen atoms in total. The van der Waals surface area contributed by atoms with E-state index in [1.807, 2.05) is 17.7 Å². The van der Waals surface area contributed by atoms with Gasteiger partial charge in [0.05, 0.1) is 5.56 Å². The first kappa shape index (κ1) is 12.6. The number of aromatic carboxylic acids is 1. The van der Waals surface area contributed by atoms with Gasteiger partial charge in [-0.1, -0.05) is 19.9 Å². The molecule has 0 atom stereocenters. The molecule has 0 bridgehead atoms. The van der Waals surface area contributed by atoms with Crippen molar-refractivity contribution in [3.05, 3.63) is 35.5 Å². The van der Waals surface area contributed by atoms with Crippen LogP contribution >= 0.6 is 0 Å². The van der Waals surface area contributed by atoms with Crippen LogP contribution in [0.4, 0.5) is 0 Å². The molecule has 4 heteroatoms. The van der Waals surface area contributed by atoms with E-state index in [0.717, 1.165) is 23.1 Å². The molecule has 0 radical (unpaired) electrons. The molecule has 18 heavy (non-hydrogen) atoms. The van der Waals surface area contributed by atoms with Crippen molar-refractivity contribution in [1.29, 1.82) is 0 Å². The lowest BCUT2D eigenvalue weighted by Crippen LogP contribution is -2.22. The second kappa shape index (κ2) is 4.82. The molecule has 0 amide bonds. The summed E-state index contributed by atoms with van der Waals surface area (Å²) in [6.07, 6.45) is 0.